The highest BCUT2D eigenvalue weighted by molar-refractivity contribution is 5.05. The van der Waals surface area contributed by atoms with Crippen molar-refractivity contribution in [1.29, 1.82) is 0 Å². The van der Waals surface area contributed by atoms with Gasteiger partial charge in [0.05, 0.1) is 6.10 Å². The van der Waals surface area contributed by atoms with Crippen molar-refractivity contribution in [2.45, 2.75) is 77.4 Å². The van der Waals surface area contributed by atoms with E-state index in [1.807, 2.05) is 0 Å². The third-order valence-electron chi connectivity index (χ3n) is 7.12. The Morgan fingerprint density at radius 1 is 1.00 bits per heavy atom. The second-order valence-corrected chi connectivity index (χ2v) is 9.29. The van der Waals surface area contributed by atoms with Gasteiger partial charge in [0, 0.05) is 19.1 Å². The van der Waals surface area contributed by atoms with Crippen LogP contribution < -0.4 is 0 Å². The molecule has 0 aliphatic heterocycles. The van der Waals surface area contributed by atoms with Crippen LogP contribution in [0.15, 0.2) is 0 Å². The van der Waals surface area contributed by atoms with Crippen LogP contribution in [0, 0.1) is 29.1 Å². The summed E-state index contributed by atoms with van der Waals surface area (Å²) in [5, 5.41) is 11.1. The Hall–Kier alpha value is -0.0800. The monoisotopic (exact) mass is 291 g/mol. The summed E-state index contributed by atoms with van der Waals surface area (Å²) in [5.41, 5.74) is 0.297. The van der Waals surface area contributed by atoms with Crippen LogP contribution in [-0.2, 0) is 0 Å². The highest BCUT2D eigenvalue weighted by Gasteiger charge is 2.54. The summed E-state index contributed by atoms with van der Waals surface area (Å²) >= 11 is 0. The maximum atomic E-state index is 11.1. The summed E-state index contributed by atoms with van der Waals surface area (Å²) < 4.78 is 0. The molecule has 0 aromatic rings. The van der Waals surface area contributed by atoms with Gasteiger partial charge in [-0.05, 0) is 94.3 Å². The van der Waals surface area contributed by atoms with Crippen molar-refractivity contribution in [2.24, 2.45) is 29.1 Å². The van der Waals surface area contributed by atoms with E-state index in [0.29, 0.717) is 11.5 Å². The van der Waals surface area contributed by atoms with E-state index in [-0.39, 0.29) is 6.10 Å². The maximum Gasteiger partial charge on any atom is 0.0723 e. The van der Waals surface area contributed by atoms with E-state index in [4.69, 9.17) is 0 Å². The van der Waals surface area contributed by atoms with Gasteiger partial charge in [-0.2, -0.15) is 0 Å². The van der Waals surface area contributed by atoms with Gasteiger partial charge in [-0.25, -0.2) is 0 Å². The molecule has 5 aliphatic carbocycles. The fraction of sp³-hybridized carbons (Fsp3) is 1.00. The molecule has 0 radical (unpaired) electrons. The Morgan fingerprint density at radius 2 is 1.52 bits per heavy atom. The molecular weight excluding hydrogens is 258 g/mol. The normalized spacial score (nSPS) is 43.0. The molecule has 5 fully saturated rings. The fourth-order valence-corrected chi connectivity index (χ4v) is 6.13. The van der Waals surface area contributed by atoms with Crippen molar-refractivity contribution < 1.29 is 5.11 Å². The van der Waals surface area contributed by atoms with E-state index < -0.39 is 0 Å². The Bertz CT molecular complexity index is 352. The molecule has 0 spiro atoms. The van der Waals surface area contributed by atoms with Gasteiger partial charge in [-0.3, -0.25) is 4.90 Å². The molecule has 1 unspecified atom stereocenters. The molecule has 21 heavy (non-hydrogen) atoms. The van der Waals surface area contributed by atoms with Gasteiger partial charge in [0.1, 0.15) is 0 Å². The lowest BCUT2D eigenvalue weighted by Gasteiger charge is -2.59. The van der Waals surface area contributed by atoms with E-state index in [1.54, 1.807) is 0 Å². The number of aliphatic hydroxyl groups is 1. The first-order chi connectivity index (χ1) is 10.0. The van der Waals surface area contributed by atoms with Crippen LogP contribution >= 0.6 is 0 Å². The minimum Gasteiger partial charge on any atom is -0.391 e. The maximum absolute atomic E-state index is 11.1. The van der Waals surface area contributed by atoms with Crippen LogP contribution in [0.5, 0.6) is 0 Å². The van der Waals surface area contributed by atoms with Gasteiger partial charge in [0.2, 0.25) is 0 Å². The van der Waals surface area contributed by atoms with Crippen LogP contribution in [0.4, 0.5) is 0 Å². The second kappa shape index (κ2) is 5.23. The first-order valence-corrected chi connectivity index (χ1v) is 9.46. The number of hydrogen-bond acceptors (Lipinski definition) is 2. The molecule has 4 bridgehead atoms. The standard InChI is InChI=1S/C19H33NO/c1-13(2)20(11-14-3-4-14)12-18(21)19-8-15-5-16(9-19)7-17(6-15)10-19/h13-18,21H,3-12H2,1-2H3. The molecule has 120 valence electrons. The van der Waals surface area contributed by atoms with Gasteiger partial charge < -0.3 is 5.11 Å². The van der Waals surface area contributed by atoms with E-state index in [2.05, 4.69) is 18.7 Å². The zero-order valence-electron chi connectivity index (χ0n) is 13.9. The number of hydrogen-bond donors (Lipinski definition) is 1. The Balaban J connectivity index is 1.44. The predicted molar refractivity (Wildman–Crippen MR) is 86.0 cm³/mol. The summed E-state index contributed by atoms with van der Waals surface area (Å²) in [4.78, 5) is 2.57. The van der Waals surface area contributed by atoms with Gasteiger partial charge in [0.15, 0.2) is 0 Å². The Labute approximate surface area is 130 Å². The van der Waals surface area contributed by atoms with E-state index in [1.165, 1.54) is 57.9 Å². The number of nitrogens with zero attached hydrogens (tertiary/aromatic N) is 1. The second-order valence-electron chi connectivity index (χ2n) is 9.29. The molecule has 1 atom stereocenters. The lowest BCUT2D eigenvalue weighted by atomic mass is 9.48. The highest BCUT2D eigenvalue weighted by Crippen LogP contribution is 2.61. The summed E-state index contributed by atoms with van der Waals surface area (Å²) in [6.07, 6.45) is 11.2. The summed E-state index contributed by atoms with van der Waals surface area (Å²) in [5.74, 6) is 3.77. The van der Waals surface area contributed by atoms with Gasteiger partial charge in [-0.1, -0.05) is 0 Å². The first kappa shape index (κ1) is 14.5. The summed E-state index contributed by atoms with van der Waals surface area (Å²) in [6.45, 7) is 6.75. The quantitative estimate of drug-likeness (QED) is 0.807. The molecular formula is C19H33NO. The van der Waals surface area contributed by atoms with Crippen LogP contribution in [0.2, 0.25) is 0 Å². The summed E-state index contributed by atoms with van der Waals surface area (Å²) in [6, 6.07) is 0.578. The highest BCUT2D eigenvalue weighted by atomic mass is 16.3. The summed E-state index contributed by atoms with van der Waals surface area (Å²) in [7, 11) is 0. The molecule has 5 rings (SSSR count). The zero-order valence-corrected chi connectivity index (χ0v) is 13.9. The number of aliphatic hydroxyl groups excluding tert-OH is 1. The van der Waals surface area contributed by atoms with Crippen molar-refractivity contribution in [3.63, 3.8) is 0 Å². The molecule has 0 heterocycles. The molecule has 2 heteroatoms. The van der Waals surface area contributed by atoms with Crippen LogP contribution in [0.3, 0.4) is 0 Å². The SMILES string of the molecule is CC(C)N(CC1CC1)CC(O)C12CC3CC(CC(C3)C1)C2. The average Bonchev–Trinajstić information content (AvgIpc) is 3.20. The molecule has 5 aliphatic rings. The van der Waals surface area contributed by atoms with Crippen LogP contribution in [0.1, 0.15) is 65.2 Å². The molecule has 2 nitrogen and oxygen atoms in total. The van der Waals surface area contributed by atoms with E-state index in [0.717, 1.165) is 30.2 Å². The fourth-order valence-electron chi connectivity index (χ4n) is 6.13. The van der Waals surface area contributed by atoms with Crippen molar-refractivity contribution in [3.05, 3.63) is 0 Å². The molecule has 1 N–H and O–H groups in total. The first-order valence-electron chi connectivity index (χ1n) is 9.46. The lowest BCUT2D eigenvalue weighted by Crippen LogP contribution is -2.55. The van der Waals surface area contributed by atoms with Crippen molar-refractivity contribution >= 4 is 0 Å². The number of rotatable bonds is 6. The topological polar surface area (TPSA) is 23.5 Å². The molecule has 0 amide bonds. The zero-order chi connectivity index (χ0) is 14.6. The largest absolute Gasteiger partial charge is 0.391 e. The molecule has 0 aromatic carbocycles. The predicted octanol–water partition coefficient (Wildman–Crippen LogP) is 3.68. The molecule has 0 saturated heterocycles. The Morgan fingerprint density at radius 3 is 1.95 bits per heavy atom. The van der Waals surface area contributed by atoms with Crippen molar-refractivity contribution in [3.8, 4) is 0 Å². The molecule has 0 aromatic heterocycles. The third kappa shape index (κ3) is 2.79. The Kier molecular flexibility index (Phi) is 3.61. The van der Waals surface area contributed by atoms with Gasteiger partial charge >= 0.3 is 0 Å². The smallest absolute Gasteiger partial charge is 0.0723 e. The van der Waals surface area contributed by atoms with E-state index in [9.17, 15) is 5.11 Å². The van der Waals surface area contributed by atoms with Crippen molar-refractivity contribution in [1.82, 2.24) is 4.90 Å². The minimum absolute atomic E-state index is 0.0768. The average molecular weight is 291 g/mol. The van der Waals surface area contributed by atoms with Crippen LogP contribution in [-0.4, -0.2) is 35.2 Å². The minimum atomic E-state index is -0.0768. The van der Waals surface area contributed by atoms with E-state index >= 15 is 0 Å². The lowest BCUT2D eigenvalue weighted by molar-refractivity contribution is -0.128. The van der Waals surface area contributed by atoms with Gasteiger partial charge in [-0.15, -0.1) is 0 Å². The van der Waals surface area contributed by atoms with Crippen LogP contribution in [0.25, 0.3) is 0 Å². The molecule has 5 saturated carbocycles. The van der Waals surface area contributed by atoms with Crippen molar-refractivity contribution in [2.75, 3.05) is 13.1 Å². The third-order valence-corrected chi connectivity index (χ3v) is 7.12. The van der Waals surface area contributed by atoms with Gasteiger partial charge in [0.25, 0.3) is 0 Å².